The van der Waals surface area contributed by atoms with Gasteiger partial charge in [-0.1, -0.05) is 12.1 Å². The van der Waals surface area contributed by atoms with E-state index >= 15 is 0 Å². The van der Waals surface area contributed by atoms with E-state index in [0.29, 0.717) is 12.2 Å². The van der Waals surface area contributed by atoms with Crippen LogP contribution in [0.25, 0.3) is 10.9 Å². The molecule has 0 radical (unpaired) electrons. The molecule has 0 bridgehead atoms. The molecule has 0 saturated carbocycles. The predicted molar refractivity (Wildman–Crippen MR) is 94.0 cm³/mol. The van der Waals surface area contributed by atoms with Crippen molar-refractivity contribution in [2.75, 3.05) is 30.1 Å². The van der Waals surface area contributed by atoms with Gasteiger partial charge < -0.3 is 15.2 Å². The van der Waals surface area contributed by atoms with Gasteiger partial charge in [-0.15, -0.1) is 0 Å². The Labute approximate surface area is 137 Å². The fourth-order valence-corrected chi connectivity index (χ4v) is 4.30. The van der Waals surface area contributed by atoms with Gasteiger partial charge in [0.15, 0.2) is 0 Å². The maximum atomic E-state index is 12.4. The predicted octanol–water partition coefficient (Wildman–Crippen LogP) is 1.34. The SMILES string of the molecule is Cn1ccc2cccc(NS(=O)(=O)CCN3CCC[C@H](N)C3)c21. The lowest BCUT2D eigenvalue weighted by Gasteiger charge is -2.30. The van der Waals surface area contributed by atoms with Crippen molar-refractivity contribution < 1.29 is 8.42 Å². The largest absolute Gasteiger partial charge is 0.349 e. The fraction of sp³-hybridized carbons (Fsp3) is 0.500. The second kappa shape index (κ2) is 6.51. The van der Waals surface area contributed by atoms with Crippen molar-refractivity contribution in [3.8, 4) is 0 Å². The number of nitrogens with two attached hydrogens (primary N) is 1. The molecular weight excluding hydrogens is 312 g/mol. The summed E-state index contributed by atoms with van der Waals surface area (Å²) in [6.45, 7) is 2.23. The first-order chi connectivity index (χ1) is 10.9. The van der Waals surface area contributed by atoms with Crippen LogP contribution >= 0.6 is 0 Å². The van der Waals surface area contributed by atoms with Crippen LogP contribution in [-0.4, -0.2) is 49.3 Å². The molecule has 3 rings (SSSR count). The highest BCUT2D eigenvalue weighted by molar-refractivity contribution is 7.92. The van der Waals surface area contributed by atoms with Crippen molar-refractivity contribution in [3.05, 3.63) is 30.5 Å². The van der Waals surface area contributed by atoms with E-state index in [2.05, 4.69) is 9.62 Å². The van der Waals surface area contributed by atoms with E-state index in [1.165, 1.54) is 0 Å². The molecule has 0 amide bonds. The summed E-state index contributed by atoms with van der Waals surface area (Å²) in [6, 6.07) is 7.78. The standard InChI is InChI=1S/C16H24N4O2S/c1-19-9-7-13-4-2-6-15(16(13)19)18-23(21,22)11-10-20-8-3-5-14(17)12-20/h2,4,6-7,9,14,18H,3,5,8,10-12,17H2,1H3/t14-/m0/s1. The molecule has 7 heteroatoms. The van der Waals surface area contributed by atoms with Crippen molar-refractivity contribution in [1.82, 2.24) is 9.47 Å². The first-order valence-electron chi connectivity index (χ1n) is 7.97. The molecule has 0 unspecified atom stereocenters. The number of aryl methyl sites for hydroxylation is 1. The third-order valence-corrected chi connectivity index (χ3v) is 5.63. The number of rotatable bonds is 5. The number of nitrogens with one attached hydrogen (secondary N) is 1. The maximum absolute atomic E-state index is 12.4. The Morgan fingerprint density at radius 2 is 2.17 bits per heavy atom. The van der Waals surface area contributed by atoms with E-state index < -0.39 is 10.0 Å². The second-order valence-electron chi connectivity index (χ2n) is 6.29. The minimum absolute atomic E-state index is 0.0839. The molecule has 1 fully saturated rings. The number of hydrogen-bond acceptors (Lipinski definition) is 4. The van der Waals surface area contributed by atoms with Gasteiger partial charge >= 0.3 is 0 Å². The number of sulfonamides is 1. The summed E-state index contributed by atoms with van der Waals surface area (Å²) in [4.78, 5) is 2.14. The first kappa shape index (κ1) is 16.3. The molecule has 2 aromatic rings. The van der Waals surface area contributed by atoms with Gasteiger partial charge in [0.05, 0.1) is 17.0 Å². The van der Waals surface area contributed by atoms with Crippen LogP contribution in [0.15, 0.2) is 30.5 Å². The number of hydrogen-bond donors (Lipinski definition) is 2. The zero-order valence-electron chi connectivity index (χ0n) is 13.4. The van der Waals surface area contributed by atoms with Crippen LogP contribution in [0.3, 0.4) is 0 Å². The third kappa shape index (κ3) is 3.85. The molecule has 23 heavy (non-hydrogen) atoms. The number of benzene rings is 1. The topological polar surface area (TPSA) is 80.4 Å². The molecule has 0 spiro atoms. The molecule has 6 nitrogen and oxygen atoms in total. The van der Waals surface area contributed by atoms with Crippen molar-refractivity contribution >= 4 is 26.6 Å². The molecule has 1 saturated heterocycles. The average Bonchev–Trinajstić information content (AvgIpc) is 2.88. The van der Waals surface area contributed by atoms with Crippen LogP contribution in [0, 0.1) is 0 Å². The van der Waals surface area contributed by atoms with E-state index in [9.17, 15) is 8.42 Å². The summed E-state index contributed by atoms with van der Waals surface area (Å²) in [5.41, 5.74) is 7.47. The zero-order chi connectivity index (χ0) is 16.4. The number of aromatic nitrogens is 1. The summed E-state index contributed by atoms with van der Waals surface area (Å²) < 4.78 is 29.5. The van der Waals surface area contributed by atoms with Gasteiger partial charge in [-0.2, -0.15) is 0 Å². The van der Waals surface area contributed by atoms with E-state index in [0.717, 1.165) is 36.8 Å². The van der Waals surface area contributed by atoms with Gasteiger partial charge in [-0.25, -0.2) is 8.42 Å². The van der Waals surface area contributed by atoms with Gasteiger partial charge in [0.2, 0.25) is 10.0 Å². The van der Waals surface area contributed by atoms with Gasteiger partial charge in [0.25, 0.3) is 0 Å². The lowest BCUT2D eigenvalue weighted by atomic mass is 10.1. The molecule has 3 N–H and O–H groups in total. The molecule has 1 aromatic carbocycles. The summed E-state index contributed by atoms with van der Waals surface area (Å²) in [5.74, 6) is 0.0839. The van der Waals surface area contributed by atoms with Gasteiger partial charge in [-0.05, 0) is 31.5 Å². The molecule has 0 aliphatic carbocycles. The number of para-hydroxylation sites is 1. The highest BCUT2D eigenvalue weighted by Crippen LogP contribution is 2.24. The minimum atomic E-state index is -3.38. The highest BCUT2D eigenvalue weighted by Gasteiger charge is 2.20. The third-order valence-electron chi connectivity index (χ3n) is 4.38. The average molecular weight is 336 g/mol. The maximum Gasteiger partial charge on any atom is 0.234 e. The molecule has 1 aliphatic rings. The Kier molecular flexibility index (Phi) is 4.61. The molecule has 1 aromatic heterocycles. The Morgan fingerprint density at radius 3 is 2.96 bits per heavy atom. The van der Waals surface area contributed by atoms with E-state index in [1.54, 1.807) is 6.07 Å². The van der Waals surface area contributed by atoms with Gasteiger partial charge in [-0.3, -0.25) is 4.72 Å². The first-order valence-corrected chi connectivity index (χ1v) is 9.62. The van der Waals surface area contributed by atoms with Crippen LogP contribution in [-0.2, 0) is 17.1 Å². The molecular formula is C16H24N4O2S. The smallest absolute Gasteiger partial charge is 0.234 e. The normalized spacial score (nSPS) is 20.0. The summed E-state index contributed by atoms with van der Waals surface area (Å²) in [5, 5.41) is 1.02. The summed E-state index contributed by atoms with van der Waals surface area (Å²) >= 11 is 0. The lowest BCUT2D eigenvalue weighted by molar-refractivity contribution is 0.220. The number of fused-ring (bicyclic) bond motifs is 1. The molecule has 2 heterocycles. The Bertz CT molecular complexity index is 784. The number of nitrogens with zero attached hydrogens (tertiary/aromatic N) is 2. The van der Waals surface area contributed by atoms with Gasteiger partial charge in [0, 0.05) is 37.8 Å². The minimum Gasteiger partial charge on any atom is -0.349 e. The molecule has 1 atom stereocenters. The van der Waals surface area contributed by atoms with Crippen LogP contribution in [0.4, 0.5) is 5.69 Å². The van der Waals surface area contributed by atoms with Crippen molar-refractivity contribution in [1.29, 1.82) is 0 Å². The van der Waals surface area contributed by atoms with Crippen molar-refractivity contribution in [3.63, 3.8) is 0 Å². The monoisotopic (exact) mass is 336 g/mol. The van der Waals surface area contributed by atoms with E-state index in [1.807, 2.05) is 36.0 Å². The Balaban J connectivity index is 1.69. The number of likely N-dealkylation sites (tertiary alicyclic amines) is 1. The van der Waals surface area contributed by atoms with Crippen LogP contribution in [0.1, 0.15) is 12.8 Å². The Morgan fingerprint density at radius 1 is 1.35 bits per heavy atom. The fourth-order valence-electron chi connectivity index (χ4n) is 3.20. The van der Waals surface area contributed by atoms with Crippen LogP contribution in [0.2, 0.25) is 0 Å². The zero-order valence-corrected chi connectivity index (χ0v) is 14.2. The second-order valence-corrected chi connectivity index (χ2v) is 8.14. The Hall–Kier alpha value is -1.57. The highest BCUT2D eigenvalue weighted by atomic mass is 32.2. The van der Waals surface area contributed by atoms with Crippen molar-refractivity contribution in [2.45, 2.75) is 18.9 Å². The lowest BCUT2D eigenvalue weighted by Crippen LogP contribution is -2.44. The summed E-state index contributed by atoms with van der Waals surface area (Å²) in [6.07, 6.45) is 3.99. The van der Waals surface area contributed by atoms with Crippen LogP contribution < -0.4 is 10.5 Å². The van der Waals surface area contributed by atoms with Gasteiger partial charge in [0.1, 0.15) is 0 Å². The van der Waals surface area contributed by atoms with E-state index in [4.69, 9.17) is 5.73 Å². The number of piperidine rings is 1. The number of anilines is 1. The van der Waals surface area contributed by atoms with Crippen molar-refractivity contribution in [2.24, 2.45) is 12.8 Å². The quantitative estimate of drug-likeness (QED) is 0.863. The molecule has 1 aliphatic heterocycles. The molecule has 126 valence electrons. The summed E-state index contributed by atoms with van der Waals surface area (Å²) in [7, 11) is -1.47. The van der Waals surface area contributed by atoms with Crippen LogP contribution in [0.5, 0.6) is 0 Å². The van der Waals surface area contributed by atoms with E-state index in [-0.39, 0.29) is 11.8 Å².